The highest BCUT2D eigenvalue weighted by Gasteiger charge is 2.17. The van der Waals surface area contributed by atoms with Crippen molar-refractivity contribution in [2.75, 3.05) is 14.2 Å². The van der Waals surface area contributed by atoms with Gasteiger partial charge in [-0.25, -0.2) is 0 Å². The monoisotopic (exact) mass is 366 g/mol. The third kappa shape index (κ3) is 3.87. The van der Waals surface area contributed by atoms with Gasteiger partial charge in [-0.05, 0) is 54.8 Å². The molecule has 140 valence electrons. The number of aromatic amines is 1. The molecular formula is C20H22N4O3. The van der Waals surface area contributed by atoms with Crippen molar-refractivity contribution in [3.05, 3.63) is 70.0 Å². The molecular weight excluding hydrogens is 344 g/mol. The van der Waals surface area contributed by atoms with Crippen LogP contribution < -0.4 is 20.8 Å². The van der Waals surface area contributed by atoms with Crippen LogP contribution in [-0.2, 0) is 12.8 Å². The molecule has 2 aromatic carbocycles. The Morgan fingerprint density at radius 1 is 1.07 bits per heavy atom. The van der Waals surface area contributed by atoms with E-state index in [2.05, 4.69) is 5.10 Å². The number of aromatic nitrogens is 2. The molecule has 0 unspecified atom stereocenters. The van der Waals surface area contributed by atoms with Crippen LogP contribution in [-0.4, -0.2) is 30.0 Å². The number of aryl methyl sites for hydroxylation is 1. The number of rotatable bonds is 6. The summed E-state index contributed by atoms with van der Waals surface area (Å²) in [7, 11) is 3.22. The predicted molar refractivity (Wildman–Crippen MR) is 105 cm³/mol. The van der Waals surface area contributed by atoms with Crippen LogP contribution in [0.25, 0.3) is 11.3 Å². The van der Waals surface area contributed by atoms with Gasteiger partial charge in [0.25, 0.3) is 5.56 Å². The molecule has 0 aliphatic heterocycles. The first-order valence-electron chi connectivity index (χ1n) is 8.49. The SMILES string of the molecule is COc1ccc(-c2[nH]n(C(=N)N)c(=O)c2CCc2cccc(OC)c2)cc1. The van der Waals surface area contributed by atoms with E-state index in [0.717, 1.165) is 27.3 Å². The average molecular weight is 366 g/mol. The van der Waals surface area contributed by atoms with E-state index < -0.39 is 0 Å². The Morgan fingerprint density at radius 2 is 1.78 bits per heavy atom. The fourth-order valence-electron chi connectivity index (χ4n) is 2.97. The van der Waals surface area contributed by atoms with Crippen molar-refractivity contribution >= 4 is 5.96 Å². The fourth-order valence-corrected chi connectivity index (χ4v) is 2.97. The molecule has 27 heavy (non-hydrogen) atoms. The molecule has 7 nitrogen and oxygen atoms in total. The minimum absolute atomic E-state index is 0.309. The number of nitrogens with two attached hydrogens (primary N) is 1. The Morgan fingerprint density at radius 3 is 2.41 bits per heavy atom. The number of nitrogens with one attached hydrogen (secondary N) is 2. The largest absolute Gasteiger partial charge is 0.497 e. The van der Waals surface area contributed by atoms with Crippen LogP contribution in [0.2, 0.25) is 0 Å². The van der Waals surface area contributed by atoms with Gasteiger partial charge in [0.05, 0.1) is 19.9 Å². The minimum Gasteiger partial charge on any atom is -0.497 e. The van der Waals surface area contributed by atoms with Crippen molar-refractivity contribution in [1.82, 2.24) is 9.78 Å². The summed E-state index contributed by atoms with van der Waals surface area (Å²) < 4.78 is 11.5. The third-order valence-corrected chi connectivity index (χ3v) is 4.40. The highest BCUT2D eigenvalue weighted by atomic mass is 16.5. The second kappa shape index (κ2) is 7.82. The summed E-state index contributed by atoms with van der Waals surface area (Å²) in [5.41, 5.74) is 8.36. The number of hydrogen-bond donors (Lipinski definition) is 3. The minimum atomic E-state index is -0.345. The first-order chi connectivity index (χ1) is 13.0. The molecule has 0 aliphatic carbocycles. The van der Waals surface area contributed by atoms with E-state index in [4.69, 9.17) is 20.6 Å². The van der Waals surface area contributed by atoms with E-state index in [-0.39, 0.29) is 11.5 Å². The van der Waals surface area contributed by atoms with Gasteiger partial charge in [-0.1, -0.05) is 12.1 Å². The highest BCUT2D eigenvalue weighted by molar-refractivity contribution is 5.78. The third-order valence-electron chi connectivity index (χ3n) is 4.40. The van der Waals surface area contributed by atoms with E-state index in [1.807, 2.05) is 48.5 Å². The molecule has 0 saturated carbocycles. The van der Waals surface area contributed by atoms with Gasteiger partial charge in [0, 0.05) is 11.1 Å². The van der Waals surface area contributed by atoms with E-state index in [0.29, 0.717) is 24.1 Å². The molecule has 0 atom stereocenters. The molecule has 0 aliphatic rings. The number of methoxy groups -OCH3 is 2. The van der Waals surface area contributed by atoms with Gasteiger partial charge in [0.1, 0.15) is 11.5 Å². The summed E-state index contributed by atoms with van der Waals surface area (Å²) in [5, 5.41) is 10.6. The Bertz CT molecular complexity index is 1000. The van der Waals surface area contributed by atoms with Crippen LogP contribution >= 0.6 is 0 Å². The molecule has 7 heteroatoms. The Hall–Kier alpha value is -3.48. The van der Waals surface area contributed by atoms with E-state index in [1.165, 1.54) is 0 Å². The number of hydrogen-bond acceptors (Lipinski definition) is 4. The van der Waals surface area contributed by atoms with E-state index >= 15 is 0 Å². The average Bonchev–Trinajstić information content (AvgIpc) is 3.03. The predicted octanol–water partition coefficient (Wildman–Crippen LogP) is 2.39. The molecule has 0 amide bonds. The van der Waals surface area contributed by atoms with Gasteiger partial charge in [-0.15, -0.1) is 0 Å². The molecule has 0 saturated heterocycles. The lowest BCUT2D eigenvalue weighted by Crippen LogP contribution is -2.31. The molecule has 1 aromatic heterocycles. The molecule has 3 aromatic rings. The molecule has 0 spiro atoms. The van der Waals surface area contributed by atoms with Crippen LogP contribution in [0.15, 0.2) is 53.3 Å². The summed E-state index contributed by atoms with van der Waals surface area (Å²) in [5.74, 6) is 1.16. The van der Waals surface area contributed by atoms with Crippen molar-refractivity contribution in [3.8, 4) is 22.8 Å². The van der Waals surface area contributed by atoms with Gasteiger partial charge in [0.15, 0.2) is 0 Å². The lowest BCUT2D eigenvalue weighted by atomic mass is 10.0. The summed E-state index contributed by atoms with van der Waals surface area (Å²) in [6, 6.07) is 15.1. The van der Waals surface area contributed by atoms with Gasteiger partial charge in [-0.3, -0.25) is 15.3 Å². The normalized spacial score (nSPS) is 10.6. The summed E-state index contributed by atoms with van der Waals surface area (Å²) in [6.45, 7) is 0. The topological polar surface area (TPSA) is 106 Å². The highest BCUT2D eigenvalue weighted by Crippen LogP contribution is 2.24. The van der Waals surface area contributed by atoms with E-state index in [9.17, 15) is 4.79 Å². The Kier molecular flexibility index (Phi) is 5.30. The zero-order chi connectivity index (χ0) is 19.4. The van der Waals surface area contributed by atoms with Gasteiger partial charge < -0.3 is 15.2 Å². The van der Waals surface area contributed by atoms with Gasteiger partial charge in [0.2, 0.25) is 5.96 Å². The van der Waals surface area contributed by atoms with Crippen LogP contribution in [0, 0.1) is 5.41 Å². The second-order valence-corrected chi connectivity index (χ2v) is 6.07. The lowest BCUT2D eigenvalue weighted by Gasteiger charge is -2.06. The zero-order valence-corrected chi connectivity index (χ0v) is 15.3. The second-order valence-electron chi connectivity index (χ2n) is 6.07. The summed E-state index contributed by atoms with van der Waals surface area (Å²) >= 11 is 0. The van der Waals surface area contributed by atoms with Crippen molar-refractivity contribution < 1.29 is 9.47 Å². The smallest absolute Gasteiger partial charge is 0.277 e. The van der Waals surface area contributed by atoms with Crippen molar-refractivity contribution in [2.24, 2.45) is 5.73 Å². The maximum absolute atomic E-state index is 12.7. The lowest BCUT2D eigenvalue weighted by molar-refractivity contribution is 0.414. The number of benzene rings is 2. The van der Waals surface area contributed by atoms with Crippen molar-refractivity contribution in [3.63, 3.8) is 0 Å². The fraction of sp³-hybridized carbons (Fsp3) is 0.200. The maximum Gasteiger partial charge on any atom is 0.277 e. The molecule has 3 rings (SSSR count). The Labute approximate surface area is 156 Å². The molecule has 0 fully saturated rings. The number of H-pyrrole nitrogens is 1. The zero-order valence-electron chi connectivity index (χ0n) is 15.3. The van der Waals surface area contributed by atoms with Crippen LogP contribution in [0.4, 0.5) is 0 Å². The standard InChI is InChI=1S/C20H22N4O3/c1-26-15-9-7-14(8-10-15)18-17(19(25)24(23-18)20(21)22)11-6-13-4-3-5-16(12-13)27-2/h3-5,7-10,12,23H,6,11H2,1-2H3,(H3,21,22). The number of nitrogen functional groups attached to an aromatic ring is 1. The van der Waals surface area contributed by atoms with Crippen molar-refractivity contribution in [1.29, 1.82) is 5.41 Å². The van der Waals surface area contributed by atoms with Crippen molar-refractivity contribution in [2.45, 2.75) is 12.8 Å². The first-order valence-corrected chi connectivity index (χ1v) is 8.49. The number of nitrogens with zero attached hydrogens (tertiary/aromatic N) is 1. The quantitative estimate of drug-likeness (QED) is 0.460. The first kappa shape index (κ1) is 18.3. The van der Waals surface area contributed by atoms with Gasteiger partial charge in [-0.2, -0.15) is 4.68 Å². The van der Waals surface area contributed by atoms with Crippen LogP contribution in [0.1, 0.15) is 11.1 Å². The summed E-state index contributed by atoms with van der Waals surface area (Å²) in [6.07, 6.45) is 1.16. The molecule has 4 N–H and O–H groups in total. The molecule has 0 bridgehead atoms. The van der Waals surface area contributed by atoms with Crippen LogP contribution in [0.3, 0.4) is 0 Å². The number of ether oxygens (including phenoxy) is 2. The Balaban J connectivity index is 1.96. The van der Waals surface area contributed by atoms with Crippen LogP contribution in [0.5, 0.6) is 11.5 Å². The summed E-state index contributed by atoms with van der Waals surface area (Å²) in [4.78, 5) is 12.7. The van der Waals surface area contributed by atoms with Gasteiger partial charge >= 0.3 is 0 Å². The maximum atomic E-state index is 12.7. The molecule has 0 radical (unpaired) electrons. The van der Waals surface area contributed by atoms with E-state index in [1.54, 1.807) is 14.2 Å². The molecule has 1 heterocycles.